The molecule has 0 radical (unpaired) electrons. The van der Waals surface area contributed by atoms with Crippen molar-refractivity contribution in [2.24, 2.45) is 0 Å². The third-order valence-electron chi connectivity index (χ3n) is 5.28. The third-order valence-corrected chi connectivity index (χ3v) is 5.53. The number of hydrogen-bond acceptors (Lipinski definition) is 5. The Morgan fingerprint density at radius 2 is 1.86 bits per heavy atom. The molecule has 0 spiro atoms. The normalized spacial score (nSPS) is 16.6. The minimum Gasteiger partial charge on any atom is -0.337 e. The first-order valence-corrected chi connectivity index (χ1v) is 10.5. The number of hydrogen-bond donors (Lipinski definition) is 1. The zero-order valence-electron chi connectivity index (χ0n) is 16.8. The molecule has 150 valence electrons. The molecule has 0 saturated carbocycles. The van der Waals surface area contributed by atoms with Crippen LogP contribution in [0, 0.1) is 0 Å². The van der Waals surface area contributed by atoms with Crippen LogP contribution in [0.25, 0.3) is 22.4 Å². The minimum absolute atomic E-state index is 0.420. The van der Waals surface area contributed by atoms with E-state index in [1.807, 2.05) is 42.6 Å². The number of halogens is 1. The molecular weight excluding hydrogens is 382 g/mol. The molecule has 0 amide bonds. The molecule has 29 heavy (non-hydrogen) atoms. The topological polar surface area (TPSA) is 53.9 Å². The molecule has 1 aliphatic rings. The van der Waals surface area contributed by atoms with Crippen LogP contribution in [0.15, 0.2) is 55.0 Å². The van der Waals surface area contributed by atoms with Crippen LogP contribution in [0.2, 0.25) is 5.02 Å². The summed E-state index contributed by atoms with van der Waals surface area (Å²) < 4.78 is 0. The Morgan fingerprint density at radius 3 is 2.59 bits per heavy atom. The Kier molecular flexibility index (Phi) is 6.07. The second kappa shape index (κ2) is 8.89. The van der Waals surface area contributed by atoms with E-state index in [1.54, 1.807) is 12.4 Å². The van der Waals surface area contributed by atoms with E-state index in [1.165, 1.54) is 0 Å². The van der Waals surface area contributed by atoms with E-state index in [-0.39, 0.29) is 0 Å². The second-order valence-electron chi connectivity index (χ2n) is 7.73. The maximum atomic E-state index is 6.08. The van der Waals surface area contributed by atoms with E-state index in [0.29, 0.717) is 17.1 Å². The molecule has 1 aliphatic heterocycles. The lowest BCUT2D eigenvalue weighted by Gasteiger charge is -2.26. The average molecular weight is 408 g/mol. The fourth-order valence-corrected chi connectivity index (χ4v) is 3.89. The van der Waals surface area contributed by atoms with Gasteiger partial charge in [-0.3, -0.25) is 4.98 Å². The van der Waals surface area contributed by atoms with Crippen molar-refractivity contribution < 1.29 is 0 Å². The van der Waals surface area contributed by atoms with Gasteiger partial charge in [-0.05, 0) is 42.7 Å². The average Bonchev–Trinajstić information content (AvgIpc) is 3.22. The van der Waals surface area contributed by atoms with Gasteiger partial charge in [0.05, 0.1) is 5.69 Å². The van der Waals surface area contributed by atoms with Crippen LogP contribution < -0.4 is 10.2 Å². The van der Waals surface area contributed by atoms with Crippen LogP contribution in [-0.4, -0.2) is 40.1 Å². The molecule has 5 nitrogen and oxygen atoms in total. The van der Waals surface area contributed by atoms with Crippen molar-refractivity contribution in [2.45, 2.75) is 38.8 Å². The lowest BCUT2D eigenvalue weighted by molar-refractivity contribution is 0.520. The maximum absolute atomic E-state index is 6.08. The van der Waals surface area contributed by atoms with E-state index in [0.717, 1.165) is 54.3 Å². The molecule has 3 heterocycles. The van der Waals surface area contributed by atoms with Crippen molar-refractivity contribution in [3.8, 4) is 22.4 Å². The zero-order chi connectivity index (χ0) is 20.2. The predicted molar refractivity (Wildman–Crippen MR) is 119 cm³/mol. The van der Waals surface area contributed by atoms with Gasteiger partial charge in [0.15, 0.2) is 0 Å². The highest BCUT2D eigenvalue weighted by molar-refractivity contribution is 6.30. The van der Waals surface area contributed by atoms with Gasteiger partial charge < -0.3 is 10.2 Å². The Labute approximate surface area is 177 Å². The van der Waals surface area contributed by atoms with E-state index < -0.39 is 0 Å². The summed E-state index contributed by atoms with van der Waals surface area (Å²) in [6.07, 6.45) is 7.86. The van der Waals surface area contributed by atoms with Crippen molar-refractivity contribution in [3.05, 3.63) is 60.0 Å². The summed E-state index contributed by atoms with van der Waals surface area (Å²) in [5.74, 6) is 0.794. The Balaban J connectivity index is 1.73. The highest BCUT2D eigenvalue weighted by Crippen LogP contribution is 2.33. The first kappa shape index (κ1) is 19.8. The van der Waals surface area contributed by atoms with Crippen molar-refractivity contribution in [2.75, 3.05) is 18.0 Å². The van der Waals surface area contributed by atoms with Gasteiger partial charge in [0.1, 0.15) is 0 Å². The standard InChI is InChI=1S/C23H26ClN5/c1-16(2)26-14-20-4-3-13-29(20)23-27-15-21(17-5-7-19(24)8-6-17)22(28-23)18-9-11-25-12-10-18/h5-12,15-16,20,26H,3-4,13-14H2,1-2H3. The summed E-state index contributed by atoms with van der Waals surface area (Å²) in [4.78, 5) is 16.3. The molecule has 1 atom stereocenters. The molecule has 3 aromatic rings. The van der Waals surface area contributed by atoms with Crippen molar-refractivity contribution in [1.29, 1.82) is 0 Å². The van der Waals surface area contributed by atoms with Gasteiger partial charge in [0.2, 0.25) is 5.95 Å². The molecule has 0 aliphatic carbocycles. The van der Waals surface area contributed by atoms with Crippen LogP contribution in [0.1, 0.15) is 26.7 Å². The fraction of sp³-hybridized carbons (Fsp3) is 0.348. The molecule has 1 unspecified atom stereocenters. The smallest absolute Gasteiger partial charge is 0.226 e. The number of pyridine rings is 1. The number of anilines is 1. The van der Waals surface area contributed by atoms with Gasteiger partial charge in [-0.15, -0.1) is 0 Å². The van der Waals surface area contributed by atoms with Gasteiger partial charge in [0, 0.05) is 59.9 Å². The van der Waals surface area contributed by atoms with Gasteiger partial charge in [-0.2, -0.15) is 0 Å². The lowest BCUT2D eigenvalue weighted by atomic mass is 10.0. The summed E-state index contributed by atoms with van der Waals surface area (Å²) in [6.45, 7) is 6.29. The Bertz CT molecular complexity index is 943. The molecule has 6 heteroatoms. The van der Waals surface area contributed by atoms with Crippen LogP contribution in [-0.2, 0) is 0 Å². The SMILES string of the molecule is CC(C)NCC1CCCN1c1ncc(-c2ccc(Cl)cc2)c(-c2ccncc2)n1. The van der Waals surface area contributed by atoms with Crippen LogP contribution in [0.4, 0.5) is 5.95 Å². The lowest BCUT2D eigenvalue weighted by Crippen LogP contribution is -2.41. The quantitative estimate of drug-likeness (QED) is 0.634. The number of benzene rings is 1. The summed E-state index contributed by atoms with van der Waals surface area (Å²) in [5.41, 5.74) is 3.99. The van der Waals surface area contributed by atoms with Gasteiger partial charge >= 0.3 is 0 Å². The Morgan fingerprint density at radius 1 is 1.10 bits per heavy atom. The first-order chi connectivity index (χ1) is 14.1. The number of nitrogens with zero attached hydrogens (tertiary/aromatic N) is 4. The van der Waals surface area contributed by atoms with Gasteiger partial charge in [0.25, 0.3) is 0 Å². The number of nitrogens with one attached hydrogen (secondary N) is 1. The number of rotatable bonds is 6. The molecule has 1 N–H and O–H groups in total. The summed E-state index contributed by atoms with van der Waals surface area (Å²) in [7, 11) is 0. The second-order valence-corrected chi connectivity index (χ2v) is 8.16. The largest absolute Gasteiger partial charge is 0.337 e. The Hall–Kier alpha value is -2.50. The monoisotopic (exact) mass is 407 g/mol. The molecular formula is C23H26ClN5. The molecule has 1 saturated heterocycles. The van der Waals surface area contributed by atoms with E-state index in [2.05, 4.69) is 29.0 Å². The first-order valence-electron chi connectivity index (χ1n) is 10.1. The minimum atomic E-state index is 0.420. The van der Waals surface area contributed by atoms with Crippen molar-refractivity contribution in [1.82, 2.24) is 20.3 Å². The van der Waals surface area contributed by atoms with E-state index in [4.69, 9.17) is 21.6 Å². The highest BCUT2D eigenvalue weighted by Gasteiger charge is 2.27. The van der Waals surface area contributed by atoms with E-state index >= 15 is 0 Å². The molecule has 1 fully saturated rings. The van der Waals surface area contributed by atoms with E-state index in [9.17, 15) is 0 Å². The predicted octanol–water partition coefficient (Wildman–Crippen LogP) is 4.83. The maximum Gasteiger partial charge on any atom is 0.226 e. The highest BCUT2D eigenvalue weighted by atomic mass is 35.5. The van der Waals surface area contributed by atoms with Crippen LogP contribution in [0.3, 0.4) is 0 Å². The van der Waals surface area contributed by atoms with Gasteiger partial charge in [-0.25, -0.2) is 9.97 Å². The van der Waals surface area contributed by atoms with Gasteiger partial charge in [-0.1, -0.05) is 37.6 Å². The van der Waals surface area contributed by atoms with Crippen molar-refractivity contribution >= 4 is 17.5 Å². The zero-order valence-corrected chi connectivity index (χ0v) is 17.6. The fourth-order valence-electron chi connectivity index (χ4n) is 3.76. The molecule has 2 aromatic heterocycles. The summed E-state index contributed by atoms with van der Waals surface area (Å²) >= 11 is 6.08. The molecule has 4 rings (SSSR count). The van der Waals surface area contributed by atoms with Crippen molar-refractivity contribution in [3.63, 3.8) is 0 Å². The third kappa shape index (κ3) is 4.57. The molecule has 0 bridgehead atoms. The molecule has 1 aromatic carbocycles. The van der Waals surface area contributed by atoms with Crippen LogP contribution in [0.5, 0.6) is 0 Å². The summed E-state index contributed by atoms with van der Waals surface area (Å²) in [6, 6.07) is 12.7. The number of aromatic nitrogens is 3. The van der Waals surface area contributed by atoms with Crippen LogP contribution >= 0.6 is 11.6 Å². The summed E-state index contributed by atoms with van der Waals surface area (Å²) in [5, 5.41) is 4.27.